The lowest BCUT2D eigenvalue weighted by Crippen LogP contribution is -2.44. The predicted octanol–water partition coefficient (Wildman–Crippen LogP) is 4.84. The largest absolute Gasteiger partial charge is 0.369 e. The minimum atomic E-state index is -0.360. The Hall–Kier alpha value is -2.29. The van der Waals surface area contributed by atoms with Crippen LogP contribution in [0.4, 0.5) is 15.8 Å². The van der Waals surface area contributed by atoms with Crippen LogP contribution in [0.2, 0.25) is 0 Å². The zero-order valence-corrected chi connectivity index (χ0v) is 18.1. The van der Waals surface area contributed by atoms with Crippen molar-refractivity contribution in [3.63, 3.8) is 0 Å². The van der Waals surface area contributed by atoms with E-state index in [1.807, 2.05) is 17.5 Å². The molecule has 156 valence electrons. The molecule has 2 fully saturated rings. The fourth-order valence-corrected chi connectivity index (χ4v) is 6.13. The molecule has 0 aliphatic carbocycles. The quantitative estimate of drug-likeness (QED) is 0.607. The first-order valence-corrected chi connectivity index (χ1v) is 11.9. The number of hydrogen-bond donors (Lipinski definition) is 2. The van der Waals surface area contributed by atoms with Crippen LogP contribution in [0.3, 0.4) is 0 Å². The fourth-order valence-electron chi connectivity index (χ4n) is 4.52. The third-order valence-corrected chi connectivity index (χ3v) is 7.89. The summed E-state index contributed by atoms with van der Waals surface area (Å²) < 4.78 is 14.1. The lowest BCUT2D eigenvalue weighted by molar-refractivity contribution is 0.102. The molecule has 3 aromatic rings. The van der Waals surface area contributed by atoms with Crippen molar-refractivity contribution >= 4 is 40.0 Å². The van der Waals surface area contributed by atoms with E-state index in [0.717, 1.165) is 54.6 Å². The van der Waals surface area contributed by atoms with Crippen molar-refractivity contribution in [1.29, 1.82) is 0 Å². The molecule has 2 aliphatic rings. The van der Waals surface area contributed by atoms with Gasteiger partial charge < -0.3 is 15.5 Å². The Kier molecular flexibility index (Phi) is 5.30. The van der Waals surface area contributed by atoms with E-state index >= 15 is 0 Å². The van der Waals surface area contributed by atoms with Crippen LogP contribution >= 0.6 is 22.7 Å². The summed E-state index contributed by atoms with van der Waals surface area (Å²) >= 11 is 3.03. The molecule has 1 amide bonds. The second-order valence-electron chi connectivity index (χ2n) is 8.08. The molecule has 0 saturated carbocycles. The van der Waals surface area contributed by atoms with Gasteiger partial charge in [-0.1, -0.05) is 6.07 Å². The number of carbonyl (C=O) groups excluding carboxylic acids is 1. The van der Waals surface area contributed by atoms with E-state index in [-0.39, 0.29) is 17.1 Å². The maximum absolute atomic E-state index is 14.1. The number of aromatic nitrogens is 1. The summed E-state index contributed by atoms with van der Waals surface area (Å²) in [6.07, 6.45) is 3.48. The Morgan fingerprint density at radius 2 is 2.20 bits per heavy atom. The van der Waals surface area contributed by atoms with Gasteiger partial charge in [0.25, 0.3) is 5.91 Å². The van der Waals surface area contributed by atoms with Gasteiger partial charge in [0.2, 0.25) is 0 Å². The first kappa shape index (κ1) is 19.7. The molecule has 8 heteroatoms. The topological polar surface area (TPSA) is 57.3 Å². The number of thiophene rings is 1. The van der Waals surface area contributed by atoms with Crippen molar-refractivity contribution in [3.05, 3.63) is 52.6 Å². The van der Waals surface area contributed by atoms with E-state index in [4.69, 9.17) is 0 Å². The van der Waals surface area contributed by atoms with Gasteiger partial charge in [-0.3, -0.25) is 4.79 Å². The number of nitrogens with one attached hydrogen (secondary N) is 2. The molecule has 5 rings (SSSR count). The highest BCUT2D eigenvalue weighted by molar-refractivity contribution is 7.20. The van der Waals surface area contributed by atoms with E-state index in [1.165, 1.54) is 29.9 Å². The van der Waals surface area contributed by atoms with Gasteiger partial charge in [0, 0.05) is 30.4 Å². The second kappa shape index (κ2) is 8.09. The Morgan fingerprint density at radius 3 is 3.00 bits per heavy atom. The maximum Gasteiger partial charge on any atom is 0.275 e. The van der Waals surface area contributed by atoms with Crippen molar-refractivity contribution in [2.75, 3.05) is 36.4 Å². The number of benzene rings is 1. The monoisotopic (exact) mass is 442 g/mol. The normalized spacial score (nSPS) is 21.3. The van der Waals surface area contributed by atoms with Crippen LogP contribution in [0, 0.1) is 11.2 Å². The first-order valence-electron chi connectivity index (χ1n) is 10.2. The number of halogens is 1. The second-order valence-corrected chi connectivity index (χ2v) is 9.89. The Bertz CT molecular complexity index is 1040. The van der Waals surface area contributed by atoms with Crippen LogP contribution in [0.25, 0.3) is 9.88 Å². The fraction of sp³-hybridized carbons (Fsp3) is 0.364. The summed E-state index contributed by atoms with van der Waals surface area (Å²) in [5, 5.41) is 11.0. The van der Waals surface area contributed by atoms with Gasteiger partial charge in [-0.25, -0.2) is 9.37 Å². The van der Waals surface area contributed by atoms with Gasteiger partial charge >= 0.3 is 0 Å². The number of piperidine rings is 1. The molecule has 2 aliphatic heterocycles. The molecule has 4 heterocycles. The zero-order chi connectivity index (χ0) is 20.6. The minimum Gasteiger partial charge on any atom is -0.369 e. The lowest BCUT2D eigenvalue weighted by atomic mass is 9.79. The summed E-state index contributed by atoms with van der Waals surface area (Å²) in [6, 6.07) is 8.61. The highest BCUT2D eigenvalue weighted by Gasteiger charge is 2.38. The molecular formula is C22H23FN4OS2. The Balaban J connectivity index is 1.38. The van der Waals surface area contributed by atoms with E-state index in [1.54, 1.807) is 22.8 Å². The number of nitrogens with zero attached hydrogens (tertiary/aromatic N) is 2. The molecule has 1 aromatic carbocycles. The highest BCUT2D eigenvalue weighted by atomic mass is 32.1. The molecule has 5 nitrogen and oxygen atoms in total. The van der Waals surface area contributed by atoms with E-state index in [9.17, 15) is 9.18 Å². The van der Waals surface area contributed by atoms with Crippen molar-refractivity contribution in [2.45, 2.75) is 19.3 Å². The van der Waals surface area contributed by atoms with Gasteiger partial charge in [-0.05, 0) is 55.5 Å². The highest BCUT2D eigenvalue weighted by Crippen LogP contribution is 2.39. The Labute approximate surface area is 183 Å². The van der Waals surface area contributed by atoms with Crippen LogP contribution in [-0.4, -0.2) is 37.1 Å². The van der Waals surface area contributed by atoms with Gasteiger partial charge in [0.05, 0.1) is 16.3 Å². The van der Waals surface area contributed by atoms with Gasteiger partial charge in [-0.2, -0.15) is 0 Å². The average molecular weight is 443 g/mol. The molecule has 1 spiro atoms. The third kappa shape index (κ3) is 3.87. The number of carbonyl (C=O) groups is 1. The minimum absolute atomic E-state index is 0.276. The standard InChI is InChI=1S/C22H23FN4OS2/c23-15-4-5-18(27-9-2-6-22(14-27)7-8-24-13-22)16(11-15)25-20(28)17-12-30-21(26-17)19-3-1-10-29-19/h1,3-5,10-12,24H,2,6-9,13-14H2,(H,25,28). The van der Waals surface area contributed by atoms with Gasteiger partial charge in [0.15, 0.2) is 0 Å². The van der Waals surface area contributed by atoms with Gasteiger partial charge in [0.1, 0.15) is 16.5 Å². The first-order chi connectivity index (χ1) is 14.6. The van der Waals surface area contributed by atoms with Crippen LogP contribution in [-0.2, 0) is 0 Å². The molecule has 0 bridgehead atoms. The number of thiazole rings is 1. The van der Waals surface area contributed by atoms with Crippen LogP contribution < -0.4 is 15.5 Å². The smallest absolute Gasteiger partial charge is 0.275 e. The summed E-state index contributed by atoms with van der Waals surface area (Å²) in [4.78, 5) is 20.7. The van der Waals surface area contributed by atoms with E-state index < -0.39 is 0 Å². The SMILES string of the molecule is O=C(Nc1cc(F)ccc1N1CCCC2(CCNC2)C1)c1csc(-c2cccs2)n1. The molecule has 2 N–H and O–H groups in total. The van der Waals surface area contributed by atoms with Crippen molar-refractivity contribution in [2.24, 2.45) is 5.41 Å². The van der Waals surface area contributed by atoms with Crippen LogP contribution in [0.5, 0.6) is 0 Å². The molecule has 30 heavy (non-hydrogen) atoms. The summed E-state index contributed by atoms with van der Waals surface area (Å²) in [5.41, 5.74) is 2.02. The summed E-state index contributed by atoms with van der Waals surface area (Å²) in [7, 11) is 0. The Morgan fingerprint density at radius 1 is 1.27 bits per heavy atom. The van der Waals surface area contributed by atoms with E-state index in [2.05, 4.69) is 20.5 Å². The van der Waals surface area contributed by atoms with Crippen molar-refractivity contribution < 1.29 is 9.18 Å². The molecule has 0 radical (unpaired) electrons. The van der Waals surface area contributed by atoms with Crippen LogP contribution in [0.15, 0.2) is 41.1 Å². The predicted molar refractivity (Wildman–Crippen MR) is 121 cm³/mol. The van der Waals surface area contributed by atoms with Crippen molar-refractivity contribution in [3.8, 4) is 9.88 Å². The lowest BCUT2D eigenvalue weighted by Gasteiger charge is -2.41. The van der Waals surface area contributed by atoms with Crippen molar-refractivity contribution in [1.82, 2.24) is 10.3 Å². The number of amides is 1. The summed E-state index contributed by atoms with van der Waals surface area (Å²) in [6.45, 7) is 3.91. The van der Waals surface area contributed by atoms with Gasteiger partial charge in [-0.15, -0.1) is 22.7 Å². The third-order valence-electron chi connectivity index (χ3n) is 6.01. The number of rotatable bonds is 4. The molecular weight excluding hydrogens is 419 g/mol. The van der Waals surface area contributed by atoms with Crippen LogP contribution in [0.1, 0.15) is 29.8 Å². The number of hydrogen-bond acceptors (Lipinski definition) is 6. The molecule has 1 atom stereocenters. The molecule has 2 aromatic heterocycles. The van der Waals surface area contributed by atoms with E-state index in [0.29, 0.717) is 11.4 Å². The molecule has 2 saturated heterocycles. The molecule has 1 unspecified atom stereocenters. The maximum atomic E-state index is 14.1. The zero-order valence-electron chi connectivity index (χ0n) is 16.5. The number of anilines is 2. The summed E-state index contributed by atoms with van der Waals surface area (Å²) in [5.74, 6) is -0.670. The average Bonchev–Trinajstić information content (AvgIpc) is 3.50.